The number of carbonyl (C=O) groups excluding carboxylic acids is 1. The van der Waals surface area contributed by atoms with Gasteiger partial charge in [0.25, 0.3) is 5.56 Å². The third-order valence-corrected chi connectivity index (χ3v) is 6.61. The van der Waals surface area contributed by atoms with E-state index in [2.05, 4.69) is 5.32 Å². The first-order valence-electron chi connectivity index (χ1n) is 8.94. The van der Waals surface area contributed by atoms with Gasteiger partial charge in [-0.15, -0.1) is 0 Å². The molecule has 1 aromatic carbocycles. The third-order valence-electron chi connectivity index (χ3n) is 4.34. The van der Waals surface area contributed by atoms with Gasteiger partial charge in [0.15, 0.2) is 0 Å². The van der Waals surface area contributed by atoms with Crippen molar-refractivity contribution in [2.75, 3.05) is 13.1 Å². The Morgan fingerprint density at radius 2 is 1.89 bits per heavy atom. The Balaban J connectivity index is 2.19. The zero-order valence-electron chi connectivity index (χ0n) is 16.1. The monoisotopic (exact) mass is 425 g/mol. The molecule has 0 fully saturated rings. The van der Waals surface area contributed by atoms with Crippen molar-refractivity contribution in [1.29, 1.82) is 0 Å². The van der Waals surface area contributed by atoms with Crippen molar-refractivity contribution in [1.82, 2.24) is 14.2 Å². The average Bonchev–Trinajstić information content (AvgIpc) is 2.64. The van der Waals surface area contributed by atoms with E-state index >= 15 is 0 Å². The molecule has 0 unspecified atom stereocenters. The number of nitrogens with zero attached hydrogens (tertiary/aromatic N) is 2. The molecule has 2 aromatic rings. The van der Waals surface area contributed by atoms with Gasteiger partial charge < -0.3 is 9.88 Å². The Morgan fingerprint density at radius 3 is 2.50 bits per heavy atom. The van der Waals surface area contributed by atoms with E-state index in [0.717, 1.165) is 16.2 Å². The molecule has 7 nitrogen and oxygen atoms in total. The molecule has 0 bridgehead atoms. The van der Waals surface area contributed by atoms with Crippen LogP contribution in [0.1, 0.15) is 32.4 Å². The summed E-state index contributed by atoms with van der Waals surface area (Å²) in [7, 11) is -3.72. The molecule has 0 aliphatic rings. The van der Waals surface area contributed by atoms with Crippen molar-refractivity contribution < 1.29 is 13.2 Å². The Kier molecular flexibility index (Phi) is 7.40. The van der Waals surface area contributed by atoms with E-state index in [1.165, 1.54) is 16.6 Å². The molecule has 1 N–H and O–H groups in total. The van der Waals surface area contributed by atoms with Gasteiger partial charge >= 0.3 is 0 Å². The molecule has 0 saturated carbocycles. The molecule has 152 valence electrons. The van der Waals surface area contributed by atoms with Crippen molar-refractivity contribution in [3.63, 3.8) is 0 Å². The van der Waals surface area contributed by atoms with Crippen LogP contribution in [0.3, 0.4) is 0 Å². The fraction of sp³-hybridized carbons (Fsp3) is 0.368. The van der Waals surface area contributed by atoms with Gasteiger partial charge in [-0.05, 0) is 30.7 Å². The SMILES string of the molecule is CCN(CC)S(=O)(=O)c1ccc(=O)n(CC(=O)N[C@H](C)c2cccc(Cl)c2)c1. The van der Waals surface area contributed by atoms with Gasteiger partial charge in [0.1, 0.15) is 6.54 Å². The molecule has 1 heterocycles. The maximum atomic E-state index is 12.6. The maximum absolute atomic E-state index is 12.6. The standard InChI is InChI=1S/C19H24ClN3O4S/c1-4-23(5-2)28(26,27)17-9-10-19(25)22(12-17)13-18(24)21-14(3)15-7-6-8-16(20)11-15/h6-12,14H,4-5,13H2,1-3H3,(H,21,24)/t14-/m1/s1. The van der Waals surface area contributed by atoms with Crippen LogP contribution < -0.4 is 10.9 Å². The molecule has 1 amide bonds. The summed E-state index contributed by atoms with van der Waals surface area (Å²) in [6, 6.07) is 9.21. The Labute approximate surface area is 170 Å². The summed E-state index contributed by atoms with van der Waals surface area (Å²) in [5, 5.41) is 3.34. The van der Waals surface area contributed by atoms with Gasteiger partial charge in [-0.2, -0.15) is 4.31 Å². The van der Waals surface area contributed by atoms with Gasteiger partial charge in [0, 0.05) is 30.4 Å². The molecular weight excluding hydrogens is 402 g/mol. The summed E-state index contributed by atoms with van der Waals surface area (Å²) in [6.07, 6.45) is 1.21. The Morgan fingerprint density at radius 1 is 1.21 bits per heavy atom. The molecule has 0 aliphatic carbocycles. The highest BCUT2D eigenvalue weighted by Crippen LogP contribution is 2.17. The predicted octanol–water partition coefficient (Wildman–Crippen LogP) is 2.41. The van der Waals surface area contributed by atoms with Crippen LogP contribution in [0.15, 0.2) is 52.3 Å². The topological polar surface area (TPSA) is 88.5 Å². The number of hydrogen-bond donors (Lipinski definition) is 1. The van der Waals surface area contributed by atoms with Crippen LogP contribution in [0.25, 0.3) is 0 Å². The second-order valence-electron chi connectivity index (χ2n) is 6.26. The van der Waals surface area contributed by atoms with E-state index in [4.69, 9.17) is 11.6 Å². The minimum absolute atomic E-state index is 0.0218. The van der Waals surface area contributed by atoms with E-state index < -0.39 is 21.5 Å². The second-order valence-corrected chi connectivity index (χ2v) is 8.64. The fourth-order valence-electron chi connectivity index (χ4n) is 2.80. The van der Waals surface area contributed by atoms with Gasteiger partial charge in [-0.25, -0.2) is 8.42 Å². The van der Waals surface area contributed by atoms with Crippen LogP contribution in [0.5, 0.6) is 0 Å². The number of rotatable bonds is 8. The molecule has 0 aliphatic heterocycles. The van der Waals surface area contributed by atoms with E-state index in [1.54, 1.807) is 39.0 Å². The summed E-state index contributed by atoms with van der Waals surface area (Å²) in [4.78, 5) is 24.5. The van der Waals surface area contributed by atoms with E-state index in [0.29, 0.717) is 18.1 Å². The first-order valence-corrected chi connectivity index (χ1v) is 10.8. The zero-order valence-corrected chi connectivity index (χ0v) is 17.6. The minimum atomic E-state index is -3.72. The van der Waals surface area contributed by atoms with Crippen molar-refractivity contribution >= 4 is 27.5 Å². The molecule has 2 rings (SSSR count). The highest BCUT2D eigenvalue weighted by molar-refractivity contribution is 7.89. The fourth-order valence-corrected chi connectivity index (χ4v) is 4.48. The van der Waals surface area contributed by atoms with Gasteiger partial charge in [-0.1, -0.05) is 37.6 Å². The molecule has 1 atom stereocenters. The highest BCUT2D eigenvalue weighted by atomic mass is 35.5. The Bertz CT molecular complexity index is 1000. The van der Waals surface area contributed by atoms with Gasteiger partial charge in [0.2, 0.25) is 15.9 Å². The molecule has 0 radical (unpaired) electrons. The molecular formula is C19H24ClN3O4S. The van der Waals surface area contributed by atoms with Crippen molar-refractivity contribution in [2.45, 2.75) is 38.3 Å². The largest absolute Gasteiger partial charge is 0.348 e. The summed E-state index contributed by atoms with van der Waals surface area (Å²) < 4.78 is 27.7. The van der Waals surface area contributed by atoms with Crippen LogP contribution in [0.2, 0.25) is 5.02 Å². The van der Waals surface area contributed by atoms with Crippen molar-refractivity contribution in [3.8, 4) is 0 Å². The molecule has 0 saturated heterocycles. The smallest absolute Gasteiger partial charge is 0.251 e. The summed E-state index contributed by atoms with van der Waals surface area (Å²) in [5.41, 5.74) is 0.370. The predicted molar refractivity (Wildman–Crippen MR) is 109 cm³/mol. The van der Waals surface area contributed by atoms with Gasteiger partial charge in [0.05, 0.1) is 10.9 Å². The normalized spacial score (nSPS) is 12.8. The van der Waals surface area contributed by atoms with Crippen molar-refractivity contribution in [2.24, 2.45) is 0 Å². The minimum Gasteiger partial charge on any atom is -0.348 e. The summed E-state index contributed by atoms with van der Waals surface area (Å²) in [6.45, 7) is 5.62. The quantitative estimate of drug-likeness (QED) is 0.703. The number of hydrogen-bond acceptors (Lipinski definition) is 4. The van der Waals surface area contributed by atoms with Crippen LogP contribution in [0.4, 0.5) is 0 Å². The summed E-state index contributed by atoms with van der Waals surface area (Å²) >= 11 is 5.97. The van der Waals surface area contributed by atoms with Crippen molar-refractivity contribution in [3.05, 3.63) is 63.5 Å². The third kappa shape index (κ3) is 5.21. The lowest BCUT2D eigenvalue weighted by molar-refractivity contribution is -0.122. The number of pyridine rings is 1. The molecule has 9 heteroatoms. The first kappa shape index (κ1) is 22.1. The van der Waals surface area contributed by atoms with Gasteiger partial charge in [-0.3, -0.25) is 9.59 Å². The number of sulfonamides is 1. The number of halogens is 1. The molecule has 28 heavy (non-hydrogen) atoms. The van der Waals surface area contributed by atoms with E-state index in [1.807, 2.05) is 6.07 Å². The number of carbonyl (C=O) groups is 1. The number of aromatic nitrogens is 1. The first-order chi connectivity index (χ1) is 13.2. The molecule has 1 aromatic heterocycles. The zero-order chi connectivity index (χ0) is 20.9. The number of benzene rings is 1. The van der Waals surface area contributed by atoms with Crippen LogP contribution >= 0.6 is 11.6 Å². The number of nitrogens with one attached hydrogen (secondary N) is 1. The van der Waals surface area contributed by atoms with E-state index in [-0.39, 0.29) is 17.5 Å². The lowest BCUT2D eigenvalue weighted by Gasteiger charge is -2.19. The van der Waals surface area contributed by atoms with Crippen LogP contribution in [0, 0.1) is 0 Å². The lowest BCUT2D eigenvalue weighted by atomic mass is 10.1. The Hall–Kier alpha value is -2.16. The summed E-state index contributed by atoms with van der Waals surface area (Å²) in [5.74, 6) is -0.410. The van der Waals surface area contributed by atoms with Crippen LogP contribution in [-0.4, -0.2) is 36.3 Å². The van der Waals surface area contributed by atoms with E-state index in [9.17, 15) is 18.0 Å². The molecule has 0 spiro atoms. The second kappa shape index (κ2) is 9.36. The lowest BCUT2D eigenvalue weighted by Crippen LogP contribution is -2.35. The maximum Gasteiger partial charge on any atom is 0.251 e. The average molecular weight is 426 g/mol. The number of amides is 1. The van der Waals surface area contributed by atoms with Crippen LogP contribution in [-0.2, 0) is 21.4 Å². The highest BCUT2D eigenvalue weighted by Gasteiger charge is 2.22.